The second kappa shape index (κ2) is 3.13. The summed E-state index contributed by atoms with van der Waals surface area (Å²) in [7, 11) is 0. The van der Waals surface area contributed by atoms with Gasteiger partial charge in [-0.3, -0.25) is 4.84 Å². The molecule has 0 bridgehead atoms. The predicted molar refractivity (Wildman–Crippen MR) is 26.2 cm³/mol. The van der Waals surface area contributed by atoms with Crippen LogP contribution in [0.1, 0.15) is 0 Å². The molecule has 0 amide bonds. The van der Waals surface area contributed by atoms with Gasteiger partial charge in [0.05, 0.1) is 0 Å². The summed E-state index contributed by atoms with van der Waals surface area (Å²) in [5, 5.41) is 32.7. The number of aliphatic hydroxyl groups excluding tert-OH is 3. The maximum Gasteiger partial charge on any atom is 0.319 e. The first-order chi connectivity index (χ1) is 4.09. The van der Waals surface area contributed by atoms with E-state index in [2.05, 4.69) is 10.7 Å². The lowest BCUT2D eigenvalue weighted by Crippen LogP contribution is -2.20. The minimum atomic E-state index is -1.89. The van der Waals surface area contributed by atoms with Crippen LogP contribution in [0.4, 0.5) is 0 Å². The molecule has 0 radical (unpaired) electrons. The lowest BCUT2D eigenvalue weighted by atomic mass is 10.5. The quantitative estimate of drug-likeness (QED) is 0.190. The average molecular weight is 137 g/mol. The van der Waals surface area contributed by atoms with E-state index in [1.165, 1.54) is 0 Å². The van der Waals surface area contributed by atoms with E-state index in [4.69, 9.17) is 20.4 Å². The molecular weight excluding hydrogens is 130 g/mol. The van der Waals surface area contributed by atoms with Gasteiger partial charge in [0.1, 0.15) is 0 Å². The van der Waals surface area contributed by atoms with Crippen molar-refractivity contribution in [2.75, 3.05) is 0 Å². The van der Waals surface area contributed by atoms with Gasteiger partial charge in [-0.25, -0.2) is 5.90 Å². The average Bonchev–Trinajstić information content (AvgIpc) is 1.84. The zero-order chi connectivity index (χ0) is 7.44. The van der Waals surface area contributed by atoms with Crippen LogP contribution < -0.4 is 5.90 Å². The Morgan fingerprint density at radius 3 is 1.89 bits per heavy atom. The fourth-order valence-electron chi connectivity index (χ4n) is 0.175. The number of aliphatic hydroxyl groups is 4. The van der Waals surface area contributed by atoms with E-state index in [9.17, 15) is 0 Å². The lowest BCUT2D eigenvalue weighted by Gasteiger charge is -2.04. The second-order valence-electron chi connectivity index (χ2n) is 1.20. The zero-order valence-corrected chi connectivity index (χ0v) is 4.35. The van der Waals surface area contributed by atoms with E-state index < -0.39 is 18.0 Å². The molecule has 6 N–H and O–H groups in total. The topological polar surface area (TPSA) is 116 Å². The van der Waals surface area contributed by atoms with Gasteiger partial charge >= 0.3 is 5.95 Å². The van der Waals surface area contributed by atoms with Gasteiger partial charge in [-0.15, -0.1) is 0 Å². The Kier molecular flexibility index (Phi) is 2.79. The molecule has 0 saturated heterocycles. The Labute approximate surface area is 50.4 Å². The molecule has 6 heteroatoms. The normalized spacial score (nSPS) is 12.7. The minimum absolute atomic E-state index is 1.13. The van der Waals surface area contributed by atoms with Crippen LogP contribution in [0.5, 0.6) is 0 Å². The Bertz CT molecular complexity index is 117. The second-order valence-corrected chi connectivity index (χ2v) is 1.20. The standard InChI is InChI=1S/C3H7NO5/c4-9-3(8)1(5)2(6)7/h3,5-8H,4H2. The molecule has 0 spiro atoms. The van der Waals surface area contributed by atoms with Crippen molar-refractivity contribution in [2.45, 2.75) is 6.29 Å². The highest BCUT2D eigenvalue weighted by Crippen LogP contribution is 1.99. The van der Waals surface area contributed by atoms with Crippen LogP contribution in [0.3, 0.4) is 0 Å². The smallest absolute Gasteiger partial charge is 0.319 e. The lowest BCUT2D eigenvalue weighted by molar-refractivity contribution is -0.104. The van der Waals surface area contributed by atoms with Gasteiger partial charge in [-0.05, 0) is 0 Å². The van der Waals surface area contributed by atoms with Crippen LogP contribution in [-0.2, 0) is 4.84 Å². The summed E-state index contributed by atoms with van der Waals surface area (Å²) in [6.07, 6.45) is -1.89. The van der Waals surface area contributed by atoms with Gasteiger partial charge in [0.2, 0.25) is 12.0 Å². The van der Waals surface area contributed by atoms with Crippen molar-refractivity contribution in [2.24, 2.45) is 5.90 Å². The van der Waals surface area contributed by atoms with Gasteiger partial charge in [-0.1, -0.05) is 0 Å². The van der Waals surface area contributed by atoms with E-state index in [0.29, 0.717) is 0 Å². The molecule has 0 aromatic carbocycles. The molecule has 0 aliphatic rings. The predicted octanol–water partition coefficient (Wildman–Crippen LogP) is -0.962. The first-order valence-electron chi connectivity index (χ1n) is 1.94. The fourth-order valence-corrected chi connectivity index (χ4v) is 0.175. The van der Waals surface area contributed by atoms with Gasteiger partial charge in [0.25, 0.3) is 0 Å². The highest BCUT2D eigenvalue weighted by molar-refractivity contribution is 4.92. The van der Waals surface area contributed by atoms with Gasteiger partial charge < -0.3 is 20.4 Å². The first kappa shape index (κ1) is 8.02. The Hall–Kier alpha value is -0.980. The van der Waals surface area contributed by atoms with Crippen LogP contribution in [0.15, 0.2) is 11.7 Å². The summed E-state index contributed by atoms with van der Waals surface area (Å²) in [6, 6.07) is 0. The molecule has 0 aromatic rings. The molecule has 1 atom stereocenters. The van der Waals surface area contributed by atoms with Gasteiger partial charge in [0.15, 0.2) is 0 Å². The van der Waals surface area contributed by atoms with E-state index >= 15 is 0 Å². The van der Waals surface area contributed by atoms with Crippen molar-refractivity contribution in [3.05, 3.63) is 11.7 Å². The minimum Gasteiger partial charge on any atom is -0.502 e. The summed E-state index contributed by atoms with van der Waals surface area (Å²) >= 11 is 0. The van der Waals surface area contributed by atoms with E-state index in [1.54, 1.807) is 0 Å². The molecule has 0 heterocycles. The molecule has 0 aliphatic heterocycles. The Balaban J connectivity index is 4.02. The summed E-state index contributed by atoms with van der Waals surface area (Å²) in [6.45, 7) is 0. The number of hydrogen-bond acceptors (Lipinski definition) is 6. The molecule has 0 fully saturated rings. The van der Waals surface area contributed by atoms with E-state index in [-0.39, 0.29) is 0 Å². The molecule has 54 valence electrons. The fraction of sp³-hybridized carbons (Fsp3) is 0.333. The maximum atomic E-state index is 8.32. The number of rotatable bonds is 2. The summed E-state index contributed by atoms with van der Waals surface area (Å²) in [5.41, 5.74) is 0. The van der Waals surface area contributed by atoms with Crippen molar-refractivity contribution >= 4 is 0 Å². The SMILES string of the molecule is NOC(O)C(O)=C(O)O. The third-order valence-electron chi connectivity index (χ3n) is 0.592. The molecule has 0 rings (SSSR count). The van der Waals surface area contributed by atoms with Crippen molar-refractivity contribution in [1.29, 1.82) is 0 Å². The number of nitrogens with two attached hydrogens (primary N) is 1. The largest absolute Gasteiger partial charge is 0.502 e. The maximum absolute atomic E-state index is 8.32. The van der Waals surface area contributed by atoms with Crippen LogP contribution in [-0.4, -0.2) is 26.7 Å². The van der Waals surface area contributed by atoms with Crippen LogP contribution in [0.25, 0.3) is 0 Å². The van der Waals surface area contributed by atoms with Gasteiger partial charge in [0, 0.05) is 0 Å². The van der Waals surface area contributed by atoms with Crippen LogP contribution in [0.2, 0.25) is 0 Å². The summed E-state index contributed by atoms with van der Waals surface area (Å²) in [4.78, 5) is 3.60. The Morgan fingerprint density at radius 1 is 1.33 bits per heavy atom. The van der Waals surface area contributed by atoms with Crippen molar-refractivity contribution in [3.63, 3.8) is 0 Å². The third kappa shape index (κ3) is 2.17. The van der Waals surface area contributed by atoms with Crippen molar-refractivity contribution < 1.29 is 25.3 Å². The number of hydrogen-bond donors (Lipinski definition) is 5. The highest BCUT2D eigenvalue weighted by atomic mass is 16.7. The molecular formula is C3H7NO5. The third-order valence-corrected chi connectivity index (χ3v) is 0.592. The first-order valence-corrected chi connectivity index (χ1v) is 1.94. The van der Waals surface area contributed by atoms with E-state index in [1.807, 2.05) is 0 Å². The molecule has 6 nitrogen and oxygen atoms in total. The molecule has 0 aliphatic carbocycles. The summed E-state index contributed by atoms with van der Waals surface area (Å²) in [5.74, 6) is 1.79. The van der Waals surface area contributed by atoms with Crippen LogP contribution in [0, 0.1) is 0 Å². The Morgan fingerprint density at radius 2 is 1.78 bits per heavy atom. The van der Waals surface area contributed by atoms with Crippen molar-refractivity contribution in [3.8, 4) is 0 Å². The van der Waals surface area contributed by atoms with Gasteiger partial charge in [-0.2, -0.15) is 0 Å². The monoisotopic (exact) mass is 137 g/mol. The molecule has 1 unspecified atom stereocenters. The molecule has 9 heavy (non-hydrogen) atoms. The zero-order valence-electron chi connectivity index (χ0n) is 4.35. The highest BCUT2D eigenvalue weighted by Gasteiger charge is 2.13. The molecule has 0 aromatic heterocycles. The van der Waals surface area contributed by atoms with E-state index in [0.717, 1.165) is 0 Å². The summed E-state index contributed by atoms with van der Waals surface area (Å²) < 4.78 is 0. The molecule has 0 saturated carbocycles. The van der Waals surface area contributed by atoms with Crippen molar-refractivity contribution in [1.82, 2.24) is 0 Å². The van der Waals surface area contributed by atoms with Crippen LogP contribution >= 0.6 is 0 Å².